The number of benzene rings is 1. The molecule has 4 nitrogen and oxygen atoms in total. The molecular weight excluding hydrogens is 236 g/mol. The number of carbonyl (C=O) groups is 1. The Bertz CT molecular complexity index is 558. The maximum Gasteiger partial charge on any atom is 0.251 e. The first-order chi connectivity index (χ1) is 8.18. The van der Waals surface area contributed by atoms with E-state index in [4.69, 9.17) is 5.73 Å². The number of aromatic nitrogens is 1. The second kappa shape index (κ2) is 4.88. The fourth-order valence-electron chi connectivity index (χ4n) is 1.31. The first-order valence-electron chi connectivity index (χ1n) is 4.89. The standard InChI is InChI=1S/C12H10N2O2S/c13-11(16)8-4-3-7-14-12(8)17-10-6-2-1-5-9(10)15/h1-7,15H,(H2,13,16). The minimum atomic E-state index is -0.531. The van der Waals surface area contributed by atoms with Gasteiger partial charge in [-0.3, -0.25) is 4.79 Å². The number of rotatable bonds is 3. The van der Waals surface area contributed by atoms with Crippen molar-refractivity contribution < 1.29 is 9.90 Å². The second-order valence-electron chi connectivity index (χ2n) is 3.29. The van der Waals surface area contributed by atoms with Crippen molar-refractivity contribution in [1.82, 2.24) is 4.98 Å². The molecular formula is C12H10N2O2S. The number of amides is 1. The molecule has 0 radical (unpaired) electrons. The van der Waals surface area contributed by atoms with Crippen molar-refractivity contribution >= 4 is 17.7 Å². The van der Waals surface area contributed by atoms with Crippen molar-refractivity contribution in [3.8, 4) is 5.75 Å². The molecule has 2 aromatic rings. The highest BCUT2D eigenvalue weighted by Crippen LogP contribution is 2.34. The predicted molar refractivity (Wildman–Crippen MR) is 65.0 cm³/mol. The van der Waals surface area contributed by atoms with E-state index in [0.29, 0.717) is 15.5 Å². The Morgan fingerprint density at radius 3 is 2.71 bits per heavy atom. The van der Waals surface area contributed by atoms with Crippen molar-refractivity contribution in [2.45, 2.75) is 9.92 Å². The molecule has 0 fully saturated rings. The molecule has 1 heterocycles. The van der Waals surface area contributed by atoms with Crippen molar-refractivity contribution in [2.75, 3.05) is 0 Å². The summed E-state index contributed by atoms with van der Waals surface area (Å²) in [6, 6.07) is 10.1. The van der Waals surface area contributed by atoms with Crippen LogP contribution >= 0.6 is 11.8 Å². The van der Waals surface area contributed by atoms with E-state index < -0.39 is 5.91 Å². The quantitative estimate of drug-likeness (QED) is 0.868. The summed E-state index contributed by atoms with van der Waals surface area (Å²) in [5.41, 5.74) is 5.60. The van der Waals surface area contributed by atoms with E-state index in [2.05, 4.69) is 4.98 Å². The minimum Gasteiger partial charge on any atom is -0.507 e. The summed E-state index contributed by atoms with van der Waals surface area (Å²) in [4.78, 5) is 15.9. The highest BCUT2D eigenvalue weighted by Gasteiger charge is 2.11. The predicted octanol–water partition coefficient (Wildman–Crippen LogP) is 2.04. The number of carbonyl (C=O) groups excluding carboxylic acids is 1. The third-order valence-electron chi connectivity index (χ3n) is 2.11. The number of phenolic OH excluding ortho intramolecular Hbond substituents is 1. The molecule has 0 aliphatic heterocycles. The summed E-state index contributed by atoms with van der Waals surface area (Å²) in [7, 11) is 0. The van der Waals surface area contributed by atoms with E-state index in [1.165, 1.54) is 11.8 Å². The summed E-state index contributed by atoms with van der Waals surface area (Å²) in [6.07, 6.45) is 1.58. The Kier molecular flexibility index (Phi) is 3.30. The zero-order valence-electron chi connectivity index (χ0n) is 8.83. The summed E-state index contributed by atoms with van der Waals surface area (Å²) >= 11 is 1.21. The van der Waals surface area contributed by atoms with Gasteiger partial charge < -0.3 is 10.8 Å². The number of hydrogen-bond acceptors (Lipinski definition) is 4. The maximum absolute atomic E-state index is 11.2. The van der Waals surface area contributed by atoms with Crippen LogP contribution in [0.25, 0.3) is 0 Å². The molecule has 5 heteroatoms. The molecule has 1 aromatic heterocycles. The van der Waals surface area contributed by atoms with Gasteiger partial charge in [0.15, 0.2) is 0 Å². The van der Waals surface area contributed by atoms with Gasteiger partial charge >= 0.3 is 0 Å². The number of pyridine rings is 1. The van der Waals surface area contributed by atoms with Crippen LogP contribution in [-0.2, 0) is 0 Å². The molecule has 3 N–H and O–H groups in total. The lowest BCUT2D eigenvalue weighted by Gasteiger charge is -2.06. The smallest absolute Gasteiger partial charge is 0.251 e. The van der Waals surface area contributed by atoms with E-state index in [1.54, 1.807) is 42.6 Å². The summed E-state index contributed by atoms with van der Waals surface area (Å²) in [5, 5.41) is 10.1. The number of phenols is 1. The van der Waals surface area contributed by atoms with Gasteiger partial charge in [-0.15, -0.1) is 0 Å². The highest BCUT2D eigenvalue weighted by atomic mass is 32.2. The van der Waals surface area contributed by atoms with Crippen LogP contribution in [0.15, 0.2) is 52.5 Å². The van der Waals surface area contributed by atoms with Gasteiger partial charge in [0.25, 0.3) is 5.91 Å². The average molecular weight is 246 g/mol. The highest BCUT2D eigenvalue weighted by molar-refractivity contribution is 7.99. The van der Waals surface area contributed by atoms with Gasteiger partial charge in [-0.05, 0) is 24.3 Å². The molecule has 0 atom stereocenters. The number of nitrogens with zero attached hydrogens (tertiary/aromatic N) is 1. The van der Waals surface area contributed by atoms with Crippen molar-refractivity contribution in [3.63, 3.8) is 0 Å². The van der Waals surface area contributed by atoms with Gasteiger partial charge in [-0.2, -0.15) is 0 Å². The zero-order valence-corrected chi connectivity index (χ0v) is 9.65. The van der Waals surface area contributed by atoms with Crippen molar-refractivity contribution in [3.05, 3.63) is 48.2 Å². The van der Waals surface area contributed by atoms with Gasteiger partial charge in [0.05, 0.1) is 10.5 Å². The van der Waals surface area contributed by atoms with Crippen LogP contribution < -0.4 is 5.73 Å². The monoisotopic (exact) mass is 246 g/mol. The van der Waals surface area contributed by atoms with Gasteiger partial charge in [0.2, 0.25) is 0 Å². The zero-order chi connectivity index (χ0) is 12.3. The molecule has 1 amide bonds. The number of hydrogen-bond donors (Lipinski definition) is 2. The van der Waals surface area contributed by atoms with Crippen LogP contribution in [0.5, 0.6) is 5.75 Å². The van der Waals surface area contributed by atoms with Crippen molar-refractivity contribution in [2.24, 2.45) is 5.73 Å². The molecule has 0 unspecified atom stereocenters. The number of aromatic hydroxyl groups is 1. The van der Waals surface area contributed by atoms with Crippen LogP contribution in [0.2, 0.25) is 0 Å². The van der Waals surface area contributed by atoms with Crippen LogP contribution in [0.4, 0.5) is 0 Å². The van der Waals surface area contributed by atoms with Crippen LogP contribution in [0.3, 0.4) is 0 Å². The lowest BCUT2D eigenvalue weighted by atomic mass is 10.3. The molecule has 17 heavy (non-hydrogen) atoms. The van der Waals surface area contributed by atoms with Crippen LogP contribution in [0.1, 0.15) is 10.4 Å². The van der Waals surface area contributed by atoms with Crippen LogP contribution in [0, 0.1) is 0 Å². The first-order valence-corrected chi connectivity index (χ1v) is 5.71. The maximum atomic E-state index is 11.2. The summed E-state index contributed by atoms with van der Waals surface area (Å²) in [6.45, 7) is 0. The van der Waals surface area contributed by atoms with Gasteiger partial charge in [-0.1, -0.05) is 23.9 Å². The van der Waals surface area contributed by atoms with E-state index in [0.717, 1.165) is 0 Å². The van der Waals surface area contributed by atoms with E-state index >= 15 is 0 Å². The van der Waals surface area contributed by atoms with E-state index in [9.17, 15) is 9.90 Å². The Balaban J connectivity index is 2.37. The SMILES string of the molecule is NC(=O)c1cccnc1Sc1ccccc1O. The summed E-state index contributed by atoms with van der Waals surface area (Å²) in [5.74, 6) is -0.380. The third kappa shape index (κ3) is 2.57. The molecule has 86 valence electrons. The second-order valence-corrected chi connectivity index (χ2v) is 4.32. The Morgan fingerprint density at radius 1 is 1.24 bits per heavy atom. The fourth-order valence-corrected chi connectivity index (χ4v) is 2.23. The third-order valence-corrected chi connectivity index (χ3v) is 3.19. The Hall–Kier alpha value is -2.01. The fraction of sp³-hybridized carbons (Fsp3) is 0. The Labute approximate surface area is 102 Å². The molecule has 0 bridgehead atoms. The van der Waals surface area contributed by atoms with Gasteiger partial charge in [-0.25, -0.2) is 4.98 Å². The first kappa shape index (κ1) is 11.5. The Morgan fingerprint density at radius 2 is 2.00 bits per heavy atom. The van der Waals surface area contributed by atoms with Crippen molar-refractivity contribution in [1.29, 1.82) is 0 Å². The summed E-state index contributed by atoms with van der Waals surface area (Å²) < 4.78 is 0. The van der Waals surface area contributed by atoms with E-state index in [-0.39, 0.29) is 5.75 Å². The molecule has 0 saturated carbocycles. The minimum absolute atomic E-state index is 0.151. The molecule has 0 spiro atoms. The van der Waals surface area contributed by atoms with E-state index in [1.807, 2.05) is 0 Å². The molecule has 0 aliphatic carbocycles. The molecule has 1 aromatic carbocycles. The molecule has 0 saturated heterocycles. The van der Waals surface area contributed by atoms with Gasteiger partial charge in [0.1, 0.15) is 10.8 Å². The average Bonchev–Trinajstić information content (AvgIpc) is 2.32. The van der Waals surface area contributed by atoms with Crippen LogP contribution in [-0.4, -0.2) is 16.0 Å². The normalized spacial score (nSPS) is 10.1. The lowest BCUT2D eigenvalue weighted by molar-refractivity contribution is 0.0997. The topological polar surface area (TPSA) is 76.2 Å². The number of nitrogens with two attached hydrogens (primary N) is 1. The molecule has 0 aliphatic rings. The van der Waals surface area contributed by atoms with Gasteiger partial charge in [0, 0.05) is 6.20 Å². The largest absolute Gasteiger partial charge is 0.507 e. The number of primary amides is 1. The number of para-hydroxylation sites is 1. The lowest BCUT2D eigenvalue weighted by Crippen LogP contribution is -2.12. The molecule has 2 rings (SSSR count).